The van der Waals surface area contributed by atoms with Crippen LogP contribution < -0.4 is 4.31 Å². The Bertz CT molecular complexity index is 626. The van der Waals surface area contributed by atoms with Gasteiger partial charge >= 0.3 is 0 Å². The molecule has 1 unspecified atom stereocenters. The molecule has 2 aliphatic rings. The molecule has 3 nitrogen and oxygen atoms in total. The molecule has 0 aromatic heterocycles. The first kappa shape index (κ1) is 13.4. The molecular formula is C14H16INO2S. The summed E-state index contributed by atoms with van der Waals surface area (Å²) in [6.45, 7) is 1.71. The Balaban J connectivity index is 2.19. The number of allylic oxidation sites excluding steroid dienone is 1. The summed E-state index contributed by atoms with van der Waals surface area (Å²) in [5.41, 5.74) is 2.06. The van der Waals surface area contributed by atoms with E-state index in [1.54, 1.807) is 11.2 Å². The Morgan fingerprint density at radius 3 is 2.84 bits per heavy atom. The van der Waals surface area contributed by atoms with Gasteiger partial charge in [0, 0.05) is 5.92 Å². The molecule has 1 aliphatic heterocycles. The summed E-state index contributed by atoms with van der Waals surface area (Å²) < 4.78 is 26.8. The van der Waals surface area contributed by atoms with Crippen LogP contribution in [0.2, 0.25) is 0 Å². The number of hydrogen-bond donors (Lipinski definition) is 0. The number of anilines is 1. The van der Waals surface area contributed by atoms with E-state index in [-0.39, 0.29) is 15.7 Å². The Kier molecular flexibility index (Phi) is 3.37. The van der Waals surface area contributed by atoms with E-state index in [1.807, 2.05) is 18.2 Å². The minimum atomic E-state index is -3.22. The van der Waals surface area contributed by atoms with Gasteiger partial charge in [-0.1, -0.05) is 52.9 Å². The van der Waals surface area contributed by atoms with Gasteiger partial charge in [-0.2, -0.15) is 0 Å². The van der Waals surface area contributed by atoms with Gasteiger partial charge in [-0.3, -0.25) is 4.31 Å². The maximum Gasteiger partial charge on any atom is 0.235 e. The molecule has 3 atom stereocenters. The average molecular weight is 389 g/mol. The lowest BCUT2D eigenvalue weighted by atomic mass is 9.87. The van der Waals surface area contributed by atoms with E-state index in [9.17, 15) is 8.42 Å². The van der Waals surface area contributed by atoms with Crippen molar-refractivity contribution < 1.29 is 8.42 Å². The first-order valence-corrected chi connectivity index (χ1v) is 9.33. The van der Waals surface area contributed by atoms with Crippen LogP contribution in [-0.4, -0.2) is 24.1 Å². The topological polar surface area (TPSA) is 37.4 Å². The number of alkyl halides is 1. The maximum absolute atomic E-state index is 12.5. The molecule has 0 saturated carbocycles. The molecular weight excluding hydrogens is 373 g/mol. The number of fused-ring (bicyclic) bond motifs is 3. The first-order valence-electron chi connectivity index (χ1n) is 6.48. The van der Waals surface area contributed by atoms with Gasteiger partial charge in [-0.25, -0.2) is 8.42 Å². The molecule has 1 heterocycles. The lowest BCUT2D eigenvalue weighted by Gasteiger charge is -2.33. The van der Waals surface area contributed by atoms with Gasteiger partial charge in [0.05, 0.1) is 21.4 Å². The van der Waals surface area contributed by atoms with Crippen molar-refractivity contribution in [3.8, 4) is 0 Å². The summed E-state index contributed by atoms with van der Waals surface area (Å²) in [4.78, 5) is 0. The van der Waals surface area contributed by atoms with Crippen LogP contribution >= 0.6 is 22.6 Å². The summed E-state index contributed by atoms with van der Waals surface area (Å²) in [5.74, 6) is 0.446. The normalized spacial score (nSPS) is 29.2. The zero-order valence-electron chi connectivity index (χ0n) is 10.7. The molecule has 3 rings (SSSR count). The molecule has 0 amide bonds. The molecule has 102 valence electrons. The van der Waals surface area contributed by atoms with Crippen LogP contribution in [0.1, 0.15) is 24.8 Å². The van der Waals surface area contributed by atoms with E-state index in [1.165, 1.54) is 5.56 Å². The summed E-state index contributed by atoms with van der Waals surface area (Å²) in [6.07, 6.45) is 5.24. The second kappa shape index (κ2) is 4.77. The van der Waals surface area contributed by atoms with Gasteiger partial charge < -0.3 is 0 Å². The molecule has 5 heteroatoms. The molecule has 19 heavy (non-hydrogen) atoms. The number of halogens is 1. The second-order valence-electron chi connectivity index (χ2n) is 4.96. The van der Waals surface area contributed by atoms with Crippen LogP contribution in [0.5, 0.6) is 0 Å². The van der Waals surface area contributed by atoms with Crippen LogP contribution in [0.25, 0.3) is 0 Å². The van der Waals surface area contributed by atoms with E-state index >= 15 is 0 Å². The van der Waals surface area contributed by atoms with E-state index in [0.717, 1.165) is 12.1 Å². The van der Waals surface area contributed by atoms with Crippen molar-refractivity contribution in [3.05, 3.63) is 42.0 Å². The van der Waals surface area contributed by atoms with E-state index in [4.69, 9.17) is 0 Å². The second-order valence-corrected chi connectivity index (χ2v) is 8.53. The van der Waals surface area contributed by atoms with Crippen LogP contribution in [0.4, 0.5) is 5.69 Å². The van der Waals surface area contributed by atoms with Crippen molar-refractivity contribution in [1.82, 2.24) is 0 Å². The highest BCUT2D eigenvalue weighted by Gasteiger charge is 2.46. The average Bonchev–Trinajstić information content (AvgIpc) is 2.76. The van der Waals surface area contributed by atoms with Crippen LogP contribution in [0.3, 0.4) is 0 Å². The quantitative estimate of drug-likeness (QED) is 0.443. The number of nitrogens with zero attached hydrogens (tertiary/aromatic N) is 1. The zero-order chi connectivity index (χ0) is 13.6. The van der Waals surface area contributed by atoms with Gasteiger partial charge in [0.25, 0.3) is 0 Å². The third-order valence-corrected chi connectivity index (χ3v) is 6.88. The summed E-state index contributed by atoms with van der Waals surface area (Å²) in [7, 11) is -3.22. The molecule has 1 aliphatic carbocycles. The highest BCUT2D eigenvalue weighted by atomic mass is 127. The number of para-hydroxylation sites is 1. The lowest BCUT2D eigenvalue weighted by molar-refractivity contribution is 0.545. The van der Waals surface area contributed by atoms with Crippen molar-refractivity contribution in [2.75, 3.05) is 10.1 Å². The molecule has 0 fully saturated rings. The minimum Gasteiger partial charge on any atom is -0.265 e. The summed E-state index contributed by atoms with van der Waals surface area (Å²) in [6, 6.07) is 7.96. The van der Waals surface area contributed by atoms with E-state index < -0.39 is 10.0 Å². The van der Waals surface area contributed by atoms with Crippen molar-refractivity contribution in [2.45, 2.75) is 29.2 Å². The molecule has 0 N–H and O–H groups in total. The zero-order valence-corrected chi connectivity index (χ0v) is 13.6. The monoisotopic (exact) mass is 389 g/mol. The fraction of sp³-hybridized carbons (Fsp3) is 0.429. The maximum atomic E-state index is 12.5. The summed E-state index contributed by atoms with van der Waals surface area (Å²) in [5, 5.41) is 0. The van der Waals surface area contributed by atoms with Gasteiger partial charge in [0.15, 0.2) is 0 Å². The van der Waals surface area contributed by atoms with Crippen LogP contribution in [0.15, 0.2) is 36.4 Å². The standard InChI is InChI=1S/C14H16INO2S/c1-2-19(17,18)16-13-9-4-3-6-10(13)11-7-5-8-12(15)14(11)16/h3-6,8-9,11-12,14H,2,7H2,1H3/t11?,12-,14-/m1/s1. The first-order chi connectivity index (χ1) is 9.06. The van der Waals surface area contributed by atoms with Crippen molar-refractivity contribution >= 4 is 38.3 Å². The van der Waals surface area contributed by atoms with E-state index in [2.05, 4.69) is 40.8 Å². The molecule has 0 radical (unpaired) electrons. The van der Waals surface area contributed by atoms with Crippen molar-refractivity contribution in [2.24, 2.45) is 0 Å². The molecule has 0 saturated heterocycles. The summed E-state index contributed by atoms with van der Waals surface area (Å²) >= 11 is 2.35. The third kappa shape index (κ3) is 2.01. The molecule has 1 aromatic carbocycles. The third-order valence-electron chi connectivity index (χ3n) is 3.96. The fourth-order valence-corrected chi connectivity index (χ4v) is 5.80. The Morgan fingerprint density at radius 1 is 1.37 bits per heavy atom. The van der Waals surface area contributed by atoms with Crippen LogP contribution in [0, 0.1) is 0 Å². The number of sulfonamides is 1. The van der Waals surface area contributed by atoms with Gasteiger partial charge in [0.2, 0.25) is 10.0 Å². The van der Waals surface area contributed by atoms with Gasteiger partial charge in [-0.15, -0.1) is 0 Å². The predicted molar refractivity (Wildman–Crippen MR) is 86.5 cm³/mol. The Hall–Kier alpha value is -0.560. The van der Waals surface area contributed by atoms with Gasteiger partial charge in [-0.05, 0) is 25.0 Å². The predicted octanol–water partition coefficient (Wildman–Crippen LogP) is 3.07. The van der Waals surface area contributed by atoms with Gasteiger partial charge in [0.1, 0.15) is 0 Å². The highest BCUT2D eigenvalue weighted by molar-refractivity contribution is 14.1. The Morgan fingerprint density at radius 2 is 2.11 bits per heavy atom. The number of rotatable bonds is 2. The smallest absolute Gasteiger partial charge is 0.235 e. The molecule has 1 aromatic rings. The van der Waals surface area contributed by atoms with Crippen molar-refractivity contribution in [3.63, 3.8) is 0 Å². The van der Waals surface area contributed by atoms with Crippen molar-refractivity contribution in [1.29, 1.82) is 0 Å². The minimum absolute atomic E-state index is 0.0351. The Labute approximate surface area is 127 Å². The van der Waals surface area contributed by atoms with Crippen LogP contribution in [-0.2, 0) is 10.0 Å². The van der Waals surface area contributed by atoms with E-state index in [0.29, 0.717) is 5.92 Å². The SMILES string of the molecule is CCS(=O)(=O)N1c2ccccc2C2CC=C[C@@H](I)[C@@H]21. The molecule has 0 spiro atoms. The number of hydrogen-bond acceptors (Lipinski definition) is 2. The fourth-order valence-electron chi connectivity index (χ4n) is 3.07. The largest absolute Gasteiger partial charge is 0.265 e. The highest BCUT2D eigenvalue weighted by Crippen LogP contribution is 2.48. The lowest BCUT2D eigenvalue weighted by Crippen LogP contribution is -2.45. The number of benzene rings is 1. The molecule has 0 bridgehead atoms.